The molecule has 31 heavy (non-hydrogen) atoms. The summed E-state index contributed by atoms with van der Waals surface area (Å²) in [6, 6.07) is 10.8. The molecular weight excluding hydrogens is 397 g/mol. The van der Waals surface area contributed by atoms with E-state index >= 15 is 0 Å². The van der Waals surface area contributed by atoms with E-state index in [1.54, 1.807) is 0 Å². The molecule has 0 saturated carbocycles. The van der Waals surface area contributed by atoms with Gasteiger partial charge in [0.2, 0.25) is 5.91 Å². The van der Waals surface area contributed by atoms with Crippen LogP contribution in [0, 0.1) is 5.82 Å². The van der Waals surface area contributed by atoms with Crippen LogP contribution in [-0.2, 0) is 28.0 Å². The Morgan fingerprint density at radius 1 is 1.13 bits per heavy atom. The number of carbonyl (C=O) groups excluding carboxylic acids is 3. The van der Waals surface area contributed by atoms with E-state index < -0.39 is 29.2 Å². The molecule has 1 saturated heterocycles. The Kier molecular flexibility index (Phi) is 5.76. The molecule has 2 aromatic carbocycles. The molecule has 4 rings (SSSR count). The van der Waals surface area contributed by atoms with Crippen molar-refractivity contribution in [3.8, 4) is 0 Å². The smallest absolute Gasteiger partial charge is 0.325 e. The van der Waals surface area contributed by atoms with Crippen molar-refractivity contribution in [1.29, 1.82) is 0 Å². The van der Waals surface area contributed by atoms with Gasteiger partial charge in [-0.25, -0.2) is 9.18 Å². The number of carbonyl (C=O) groups is 3. The first-order valence-electron chi connectivity index (χ1n) is 10.7. The van der Waals surface area contributed by atoms with Crippen LogP contribution < -0.4 is 10.6 Å². The van der Waals surface area contributed by atoms with Gasteiger partial charge in [0, 0.05) is 5.69 Å². The molecule has 1 fully saturated rings. The quantitative estimate of drug-likeness (QED) is 0.663. The summed E-state index contributed by atoms with van der Waals surface area (Å²) >= 11 is 0. The number of hydrogen-bond donors (Lipinski definition) is 2. The lowest BCUT2D eigenvalue weighted by atomic mass is 9.85. The first-order valence-corrected chi connectivity index (χ1v) is 10.7. The van der Waals surface area contributed by atoms with E-state index in [0.717, 1.165) is 30.6 Å². The van der Waals surface area contributed by atoms with Gasteiger partial charge >= 0.3 is 6.03 Å². The van der Waals surface area contributed by atoms with Gasteiger partial charge in [-0.1, -0.05) is 38.0 Å². The average molecular weight is 423 g/mol. The second-order valence-electron chi connectivity index (χ2n) is 8.22. The normalized spacial score (nSPS) is 20.0. The number of urea groups is 1. The second-order valence-corrected chi connectivity index (χ2v) is 8.22. The van der Waals surface area contributed by atoms with Crippen LogP contribution in [-0.4, -0.2) is 29.3 Å². The molecule has 2 aliphatic rings. The Morgan fingerprint density at radius 3 is 2.61 bits per heavy atom. The molecule has 162 valence electrons. The highest BCUT2D eigenvalue weighted by Gasteiger charge is 2.52. The molecule has 7 heteroatoms. The van der Waals surface area contributed by atoms with E-state index in [4.69, 9.17) is 0 Å². The van der Waals surface area contributed by atoms with Crippen LogP contribution in [0.1, 0.15) is 49.3 Å². The molecule has 6 nitrogen and oxygen atoms in total. The number of hydrogen-bond acceptors (Lipinski definition) is 3. The number of nitrogens with one attached hydrogen (secondary N) is 2. The van der Waals surface area contributed by atoms with Crippen molar-refractivity contribution in [1.82, 2.24) is 10.2 Å². The minimum absolute atomic E-state index is 0.378. The van der Waals surface area contributed by atoms with Gasteiger partial charge in [-0.15, -0.1) is 0 Å². The first-order chi connectivity index (χ1) is 14.9. The lowest BCUT2D eigenvalue weighted by molar-refractivity contribution is -0.134. The summed E-state index contributed by atoms with van der Waals surface area (Å²) in [5, 5.41) is 5.57. The third kappa shape index (κ3) is 4.04. The minimum Gasteiger partial charge on any atom is -0.325 e. The number of rotatable bonds is 7. The molecule has 1 heterocycles. The zero-order valence-corrected chi connectivity index (χ0v) is 17.5. The fourth-order valence-electron chi connectivity index (χ4n) is 4.45. The van der Waals surface area contributed by atoms with Crippen LogP contribution in [0.15, 0.2) is 42.5 Å². The van der Waals surface area contributed by atoms with Crippen LogP contribution >= 0.6 is 0 Å². The fourth-order valence-corrected chi connectivity index (χ4v) is 4.45. The summed E-state index contributed by atoms with van der Waals surface area (Å²) in [5.41, 5.74) is 2.42. The van der Waals surface area contributed by atoms with Gasteiger partial charge < -0.3 is 10.6 Å². The molecule has 0 bridgehead atoms. The maximum atomic E-state index is 13.4. The molecule has 0 unspecified atom stereocenters. The minimum atomic E-state index is -1.28. The van der Waals surface area contributed by atoms with Gasteiger partial charge in [-0.05, 0) is 66.6 Å². The van der Waals surface area contributed by atoms with Gasteiger partial charge in [0.25, 0.3) is 5.91 Å². The maximum absolute atomic E-state index is 13.4. The standard InChI is InChI=1S/C24H26FN3O3/c1-2-3-13-24(18-8-10-19(25)11-9-18)22(30)28(23(31)27-24)15-21(29)26-20-12-7-16-5-4-6-17(16)14-20/h7-12,14H,2-6,13,15H2,1H3,(H,26,29)(H,27,31)/t24-/m0/s1. The van der Waals surface area contributed by atoms with Crippen molar-refractivity contribution in [2.75, 3.05) is 11.9 Å². The van der Waals surface area contributed by atoms with E-state index in [0.29, 0.717) is 24.1 Å². The van der Waals surface area contributed by atoms with E-state index in [2.05, 4.69) is 10.6 Å². The molecule has 1 aliphatic carbocycles. The van der Waals surface area contributed by atoms with Crippen LogP contribution in [0.25, 0.3) is 0 Å². The highest BCUT2D eigenvalue weighted by Crippen LogP contribution is 2.34. The number of unbranched alkanes of at least 4 members (excludes halogenated alkanes) is 1. The fraction of sp³-hybridized carbons (Fsp3) is 0.375. The highest BCUT2D eigenvalue weighted by molar-refractivity contribution is 6.10. The number of benzene rings is 2. The Labute approximate surface area is 180 Å². The first kappa shape index (κ1) is 21.0. The van der Waals surface area contributed by atoms with Crippen molar-refractivity contribution in [3.63, 3.8) is 0 Å². The Morgan fingerprint density at radius 2 is 1.87 bits per heavy atom. The van der Waals surface area contributed by atoms with E-state index in [-0.39, 0.29) is 6.54 Å². The topological polar surface area (TPSA) is 78.5 Å². The summed E-state index contributed by atoms with van der Waals surface area (Å²) < 4.78 is 13.4. The summed E-state index contributed by atoms with van der Waals surface area (Å²) in [4.78, 5) is 39.6. The monoisotopic (exact) mass is 423 g/mol. The average Bonchev–Trinajstić information content (AvgIpc) is 3.31. The van der Waals surface area contributed by atoms with Gasteiger partial charge in [0.05, 0.1) is 0 Å². The summed E-state index contributed by atoms with van der Waals surface area (Å²) in [7, 11) is 0. The number of fused-ring (bicyclic) bond motifs is 1. The molecule has 0 radical (unpaired) electrons. The van der Waals surface area contributed by atoms with Gasteiger partial charge in [-0.3, -0.25) is 14.5 Å². The summed E-state index contributed by atoms with van der Waals surface area (Å²) in [6.07, 6.45) is 5.05. The lowest BCUT2D eigenvalue weighted by Gasteiger charge is -2.27. The zero-order chi connectivity index (χ0) is 22.0. The number of anilines is 1. The van der Waals surface area contributed by atoms with Crippen molar-refractivity contribution >= 4 is 23.5 Å². The molecule has 2 aromatic rings. The number of nitrogens with zero attached hydrogens (tertiary/aromatic N) is 1. The van der Waals surface area contributed by atoms with E-state index in [9.17, 15) is 18.8 Å². The van der Waals surface area contributed by atoms with Crippen molar-refractivity contribution in [2.24, 2.45) is 0 Å². The van der Waals surface area contributed by atoms with Crippen molar-refractivity contribution in [3.05, 3.63) is 65.0 Å². The third-order valence-electron chi connectivity index (χ3n) is 6.10. The Balaban J connectivity index is 1.52. The van der Waals surface area contributed by atoms with Crippen LogP contribution in [0.3, 0.4) is 0 Å². The van der Waals surface area contributed by atoms with E-state index in [1.165, 1.54) is 35.4 Å². The predicted molar refractivity (Wildman–Crippen MR) is 115 cm³/mol. The van der Waals surface area contributed by atoms with Crippen molar-refractivity contribution in [2.45, 2.75) is 51.0 Å². The Hall–Kier alpha value is -3.22. The molecule has 0 spiro atoms. The SMILES string of the molecule is CCCC[C@@]1(c2ccc(F)cc2)NC(=O)N(CC(=O)Nc2ccc3c(c2)CCC3)C1=O. The third-order valence-corrected chi connectivity index (χ3v) is 6.10. The van der Waals surface area contributed by atoms with Gasteiger partial charge in [0.1, 0.15) is 17.9 Å². The van der Waals surface area contributed by atoms with Gasteiger partial charge in [0.15, 0.2) is 0 Å². The summed E-state index contributed by atoms with van der Waals surface area (Å²) in [5.74, 6) is -1.34. The Bertz CT molecular complexity index is 1020. The van der Waals surface area contributed by atoms with Crippen LogP contribution in [0.5, 0.6) is 0 Å². The highest BCUT2D eigenvalue weighted by atomic mass is 19.1. The number of imide groups is 1. The zero-order valence-electron chi connectivity index (χ0n) is 17.5. The largest absolute Gasteiger partial charge is 0.325 e. The predicted octanol–water partition coefficient (Wildman–Crippen LogP) is 3.89. The van der Waals surface area contributed by atoms with Crippen LogP contribution in [0.4, 0.5) is 14.9 Å². The van der Waals surface area contributed by atoms with E-state index in [1.807, 2.05) is 25.1 Å². The van der Waals surface area contributed by atoms with Crippen molar-refractivity contribution < 1.29 is 18.8 Å². The van der Waals surface area contributed by atoms with Gasteiger partial charge in [-0.2, -0.15) is 0 Å². The van der Waals surface area contributed by atoms with Crippen LogP contribution in [0.2, 0.25) is 0 Å². The number of aryl methyl sites for hydroxylation is 2. The molecule has 4 amide bonds. The molecule has 1 atom stereocenters. The molecule has 0 aromatic heterocycles. The second kappa shape index (κ2) is 8.49. The molecule has 2 N–H and O–H groups in total. The lowest BCUT2D eigenvalue weighted by Crippen LogP contribution is -2.44. The number of amides is 4. The maximum Gasteiger partial charge on any atom is 0.325 e. The molecular formula is C24H26FN3O3. The molecule has 1 aliphatic heterocycles. The number of halogens is 1. The summed E-state index contributed by atoms with van der Waals surface area (Å²) in [6.45, 7) is 1.61.